The number of anilines is 1. The summed E-state index contributed by atoms with van der Waals surface area (Å²) in [5, 5.41) is 0. The highest BCUT2D eigenvalue weighted by atomic mass is 32.2. The van der Waals surface area contributed by atoms with E-state index in [0.29, 0.717) is 18.7 Å². The maximum atomic E-state index is 13.3. The van der Waals surface area contributed by atoms with Crippen molar-refractivity contribution < 1.29 is 13.2 Å². The highest BCUT2D eigenvalue weighted by molar-refractivity contribution is 7.89. The Morgan fingerprint density at radius 2 is 1.70 bits per heavy atom. The van der Waals surface area contributed by atoms with Gasteiger partial charge in [0.1, 0.15) is 0 Å². The fourth-order valence-electron chi connectivity index (χ4n) is 3.74. The molecule has 2 fully saturated rings. The van der Waals surface area contributed by atoms with Gasteiger partial charge in [0.25, 0.3) is 5.91 Å². The Balaban J connectivity index is 1.99. The Kier molecular flexibility index (Phi) is 6.08. The van der Waals surface area contributed by atoms with Gasteiger partial charge in [-0.25, -0.2) is 12.7 Å². The third-order valence-corrected chi connectivity index (χ3v) is 7.31. The van der Waals surface area contributed by atoms with Crippen LogP contribution in [0.1, 0.15) is 42.5 Å². The Bertz CT molecular complexity index is 780. The average Bonchev–Trinajstić information content (AvgIpc) is 2.68. The monoisotopic (exact) mass is 394 g/mol. The van der Waals surface area contributed by atoms with Crippen molar-refractivity contribution in [1.82, 2.24) is 9.21 Å². The minimum Gasteiger partial charge on any atom is -0.371 e. The standard InChI is InChI=1S/C19H30N4O3S/c1-21(2)27(25,26)16-6-7-18(22-10-4-3-5-11-22)17(14-16)19(24)23-12-8-15(20)9-13-23/h6-7,14-15H,3-5,8-13,20H2,1-2H3. The van der Waals surface area contributed by atoms with Crippen LogP contribution in [0, 0.1) is 0 Å². The molecule has 2 aliphatic rings. The second-order valence-corrected chi connectivity index (χ2v) is 9.80. The highest BCUT2D eigenvalue weighted by Crippen LogP contribution is 2.29. The SMILES string of the molecule is CN(C)S(=O)(=O)c1ccc(N2CCCCC2)c(C(=O)N2CCC(N)CC2)c1. The number of amides is 1. The summed E-state index contributed by atoms with van der Waals surface area (Å²) in [6.45, 7) is 3.02. The normalized spacial score (nSPS) is 19.6. The number of likely N-dealkylation sites (tertiary alicyclic amines) is 1. The minimum atomic E-state index is -3.60. The minimum absolute atomic E-state index is 0.0988. The van der Waals surface area contributed by atoms with Gasteiger partial charge in [-0.3, -0.25) is 4.79 Å². The Hall–Kier alpha value is -1.64. The molecule has 27 heavy (non-hydrogen) atoms. The van der Waals surface area contributed by atoms with E-state index in [2.05, 4.69) is 4.90 Å². The first-order valence-corrected chi connectivity index (χ1v) is 11.1. The van der Waals surface area contributed by atoms with E-state index in [4.69, 9.17) is 5.73 Å². The van der Waals surface area contributed by atoms with Crippen LogP contribution in [0.4, 0.5) is 5.69 Å². The van der Waals surface area contributed by atoms with Crippen molar-refractivity contribution >= 4 is 21.6 Å². The summed E-state index contributed by atoms with van der Waals surface area (Å²) < 4.78 is 26.3. The zero-order chi connectivity index (χ0) is 19.6. The number of carbonyl (C=O) groups excluding carboxylic acids is 1. The first-order valence-electron chi connectivity index (χ1n) is 9.67. The van der Waals surface area contributed by atoms with Crippen LogP contribution >= 0.6 is 0 Å². The molecule has 2 heterocycles. The fourth-order valence-corrected chi connectivity index (χ4v) is 4.67. The van der Waals surface area contributed by atoms with Gasteiger partial charge in [0, 0.05) is 52.0 Å². The molecule has 0 bridgehead atoms. The zero-order valence-electron chi connectivity index (χ0n) is 16.2. The van der Waals surface area contributed by atoms with Crippen molar-refractivity contribution in [3.05, 3.63) is 23.8 Å². The summed E-state index contributed by atoms with van der Waals surface area (Å²) >= 11 is 0. The number of hydrogen-bond donors (Lipinski definition) is 1. The summed E-state index contributed by atoms with van der Waals surface area (Å²) in [5.41, 5.74) is 7.29. The number of nitrogens with zero attached hydrogens (tertiary/aromatic N) is 3. The van der Waals surface area contributed by atoms with Crippen molar-refractivity contribution in [3.63, 3.8) is 0 Å². The molecule has 1 amide bonds. The van der Waals surface area contributed by atoms with Crippen LogP contribution in [0.15, 0.2) is 23.1 Å². The lowest BCUT2D eigenvalue weighted by Crippen LogP contribution is -2.43. The number of hydrogen-bond acceptors (Lipinski definition) is 5. The molecule has 0 saturated carbocycles. The smallest absolute Gasteiger partial charge is 0.256 e. The maximum absolute atomic E-state index is 13.3. The summed E-state index contributed by atoms with van der Waals surface area (Å²) in [6.07, 6.45) is 4.92. The lowest BCUT2D eigenvalue weighted by atomic mass is 10.0. The first-order chi connectivity index (χ1) is 12.8. The van der Waals surface area contributed by atoms with Gasteiger partial charge in [-0.2, -0.15) is 0 Å². The van der Waals surface area contributed by atoms with E-state index >= 15 is 0 Å². The predicted molar refractivity (Wildman–Crippen MR) is 106 cm³/mol. The van der Waals surface area contributed by atoms with Gasteiger partial charge in [0.15, 0.2) is 0 Å². The Morgan fingerprint density at radius 1 is 1.07 bits per heavy atom. The quantitative estimate of drug-likeness (QED) is 0.836. The van der Waals surface area contributed by atoms with Crippen LogP contribution in [0.25, 0.3) is 0 Å². The van der Waals surface area contributed by atoms with Crippen LogP contribution in [-0.2, 0) is 10.0 Å². The molecule has 1 aromatic rings. The molecule has 0 atom stereocenters. The lowest BCUT2D eigenvalue weighted by molar-refractivity contribution is 0.0715. The van der Waals surface area contributed by atoms with E-state index in [1.807, 2.05) is 0 Å². The molecule has 0 spiro atoms. The summed E-state index contributed by atoms with van der Waals surface area (Å²) in [4.78, 5) is 17.4. The number of rotatable bonds is 4. The van der Waals surface area contributed by atoms with Crippen LogP contribution in [0.3, 0.4) is 0 Å². The van der Waals surface area contributed by atoms with E-state index < -0.39 is 10.0 Å². The van der Waals surface area contributed by atoms with Crippen molar-refractivity contribution in [3.8, 4) is 0 Å². The molecule has 0 aliphatic carbocycles. The third-order valence-electron chi connectivity index (χ3n) is 5.50. The molecular formula is C19H30N4O3S. The van der Waals surface area contributed by atoms with E-state index in [9.17, 15) is 13.2 Å². The van der Waals surface area contributed by atoms with Gasteiger partial charge in [-0.1, -0.05) is 0 Å². The molecule has 150 valence electrons. The topological polar surface area (TPSA) is 87.0 Å². The molecule has 1 aromatic carbocycles. The molecule has 2 saturated heterocycles. The molecule has 7 nitrogen and oxygen atoms in total. The molecule has 0 aromatic heterocycles. The predicted octanol–water partition coefficient (Wildman–Crippen LogP) is 1.49. The molecule has 3 rings (SSSR count). The van der Waals surface area contributed by atoms with Gasteiger partial charge in [0.2, 0.25) is 10.0 Å². The maximum Gasteiger partial charge on any atom is 0.256 e. The second-order valence-electron chi connectivity index (χ2n) is 7.64. The zero-order valence-corrected chi connectivity index (χ0v) is 17.0. The summed E-state index contributed by atoms with van der Waals surface area (Å²) in [7, 11) is -0.593. The summed E-state index contributed by atoms with van der Waals surface area (Å²) in [6, 6.07) is 5.10. The second kappa shape index (κ2) is 8.16. The van der Waals surface area contributed by atoms with Crippen molar-refractivity contribution in [2.45, 2.75) is 43.0 Å². The molecule has 8 heteroatoms. The highest BCUT2D eigenvalue weighted by Gasteiger charge is 2.28. The van der Waals surface area contributed by atoms with E-state index in [1.54, 1.807) is 23.1 Å². The number of piperidine rings is 2. The third kappa shape index (κ3) is 4.28. The van der Waals surface area contributed by atoms with Gasteiger partial charge in [-0.05, 0) is 50.3 Å². The van der Waals surface area contributed by atoms with Gasteiger partial charge < -0.3 is 15.5 Å². The molecule has 2 aliphatic heterocycles. The lowest BCUT2D eigenvalue weighted by Gasteiger charge is -2.34. The number of sulfonamides is 1. The summed E-state index contributed by atoms with van der Waals surface area (Å²) in [5.74, 6) is -0.0988. The fraction of sp³-hybridized carbons (Fsp3) is 0.632. The average molecular weight is 395 g/mol. The number of carbonyl (C=O) groups is 1. The van der Waals surface area contributed by atoms with E-state index in [1.165, 1.54) is 24.8 Å². The van der Waals surface area contributed by atoms with Crippen LogP contribution in [-0.4, -0.2) is 69.8 Å². The molecular weight excluding hydrogens is 364 g/mol. The number of nitrogens with two attached hydrogens (primary N) is 1. The van der Waals surface area contributed by atoms with Crippen LogP contribution < -0.4 is 10.6 Å². The molecule has 2 N–H and O–H groups in total. The van der Waals surface area contributed by atoms with Crippen molar-refractivity contribution in [2.24, 2.45) is 5.73 Å². The largest absolute Gasteiger partial charge is 0.371 e. The number of benzene rings is 1. The van der Waals surface area contributed by atoms with Crippen molar-refractivity contribution in [1.29, 1.82) is 0 Å². The van der Waals surface area contributed by atoms with Gasteiger partial charge >= 0.3 is 0 Å². The molecule has 0 radical (unpaired) electrons. The van der Waals surface area contributed by atoms with Crippen LogP contribution in [0.2, 0.25) is 0 Å². The Labute approximate surface area is 162 Å². The van der Waals surface area contributed by atoms with E-state index in [0.717, 1.165) is 44.5 Å². The van der Waals surface area contributed by atoms with Gasteiger partial charge in [0.05, 0.1) is 10.5 Å². The molecule has 0 unspecified atom stereocenters. The van der Waals surface area contributed by atoms with Gasteiger partial charge in [-0.15, -0.1) is 0 Å². The van der Waals surface area contributed by atoms with Crippen molar-refractivity contribution in [2.75, 3.05) is 45.2 Å². The van der Waals surface area contributed by atoms with E-state index in [-0.39, 0.29) is 16.8 Å². The van der Waals surface area contributed by atoms with Crippen LogP contribution in [0.5, 0.6) is 0 Å². The first kappa shape index (κ1) is 20.1. The Morgan fingerprint density at radius 3 is 2.30 bits per heavy atom.